The second-order valence-electron chi connectivity index (χ2n) is 7.08. The number of rotatable bonds is 6. The van der Waals surface area contributed by atoms with Crippen LogP contribution in [0.3, 0.4) is 0 Å². The van der Waals surface area contributed by atoms with Gasteiger partial charge in [-0.1, -0.05) is 0 Å². The van der Waals surface area contributed by atoms with Gasteiger partial charge in [0.2, 0.25) is 6.79 Å². The highest BCUT2D eigenvalue weighted by molar-refractivity contribution is 5.89. The largest absolute Gasteiger partial charge is 0.492 e. The molecular weight excluding hydrogens is 372 g/mol. The number of nitrogens with one attached hydrogen (secondary N) is 2. The number of urea groups is 1. The van der Waals surface area contributed by atoms with Crippen molar-refractivity contribution in [3.8, 4) is 17.2 Å². The van der Waals surface area contributed by atoms with E-state index in [1.165, 1.54) is 5.69 Å². The van der Waals surface area contributed by atoms with Gasteiger partial charge in [-0.05, 0) is 43.4 Å². The molecule has 1 saturated heterocycles. The number of carbonyl (C=O) groups excluding carboxylic acids is 1. The highest BCUT2D eigenvalue weighted by atomic mass is 16.7. The summed E-state index contributed by atoms with van der Waals surface area (Å²) in [5.74, 6) is 2.07. The molecule has 0 atom stereocenters. The van der Waals surface area contributed by atoms with Crippen molar-refractivity contribution in [1.29, 1.82) is 0 Å². The fourth-order valence-corrected chi connectivity index (χ4v) is 3.30. The van der Waals surface area contributed by atoms with Crippen molar-refractivity contribution < 1.29 is 19.0 Å². The van der Waals surface area contributed by atoms with E-state index in [0.717, 1.165) is 31.9 Å². The molecule has 2 aliphatic heterocycles. The minimum atomic E-state index is -0.258. The summed E-state index contributed by atoms with van der Waals surface area (Å²) in [6.45, 7) is 5.15. The number of fused-ring (bicyclic) bond motifs is 1. The maximum absolute atomic E-state index is 12.1. The first-order valence-corrected chi connectivity index (χ1v) is 9.78. The molecule has 0 spiro atoms. The smallest absolute Gasteiger partial charge is 0.319 e. The Bertz CT molecular complexity index is 835. The van der Waals surface area contributed by atoms with Crippen LogP contribution in [0, 0.1) is 0 Å². The van der Waals surface area contributed by atoms with Gasteiger partial charge < -0.3 is 34.6 Å². The van der Waals surface area contributed by atoms with Crippen molar-refractivity contribution >= 4 is 17.4 Å². The van der Waals surface area contributed by atoms with Gasteiger partial charge in [0, 0.05) is 43.6 Å². The van der Waals surface area contributed by atoms with Crippen LogP contribution in [0.2, 0.25) is 0 Å². The van der Waals surface area contributed by atoms with Crippen molar-refractivity contribution in [2.45, 2.75) is 0 Å². The van der Waals surface area contributed by atoms with Crippen LogP contribution in [0.25, 0.3) is 0 Å². The standard InChI is InChI=1S/C21H26N4O4/c1-24-9-11-25(12-10-24)17-4-2-16(3-5-17)23-21(26)22-8-13-27-18-6-7-19-20(14-18)29-15-28-19/h2-7,14H,8-13,15H2,1H3,(H2,22,23,26). The molecule has 0 bridgehead atoms. The zero-order chi connectivity index (χ0) is 20.1. The Kier molecular flexibility index (Phi) is 5.90. The number of amides is 2. The predicted octanol–water partition coefficient (Wildman–Crippen LogP) is 2.37. The molecule has 2 aromatic rings. The SMILES string of the molecule is CN1CCN(c2ccc(NC(=O)NCCOc3ccc4c(c3)OCO4)cc2)CC1. The van der Waals surface area contributed by atoms with Gasteiger partial charge in [-0.2, -0.15) is 0 Å². The first-order valence-electron chi connectivity index (χ1n) is 9.78. The normalized spacial score (nSPS) is 15.8. The molecule has 0 aliphatic carbocycles. The van der Waals surface area contributed by atoms with E-state index < -0.39 is 0 Å². The lowest BCUT2D eigenvalue weighted by atomic mass is 10.2. The van der Waals surface area contributed by atoms with E-state index in [-0.39, 0.29) is 12.8 Å². The van der Waals surface area contributed by atoms with Crippen LogP contribution in [-0.4, -0.2) is 64.1 Å². The molecule has 29 heavy (non-hydrogen) atoms. The van der Waals surface area contributed by atoms with Gasteiger partial charge in [0.05, 0.1) is 6.54 Å². The van der Waals surface area contributed by atoms with Crippen LogP contribution >= 0.6 is 0 Å². The highest BCUT2D eigenvalue weighted by Gasteiger charge is 2.15. The molecule has 1 fully saturated rings. The monoisotopic (exact) mass is 398 g/mol. The van der Waals surface area contributed by atoms with E-state index in [1.807, 2.05) is 36.4 Å². The van der Waals surface area contributed by atoms with E-state index in [2.05, 4.69) is 27.5 Å². The van der Waals surface area contributed by atoms with Crippen molar-refractivity contribution in [1.82, 2.24) is 10.2 Å². The number of ether oxygens (including phenoxy) is 3. The molecule has 8 heteroatoms. The van der Waals surface area contributed by atoms with Gasteiger partial charge in [0.1, 0.15) is 12.4 Å². The average molecular weight is 398 g/mol. The van der Waals surface area contributed by atoms with Crippen molar-refractivity contribution in [2.24, 2.45) is 0 Å². The second kappa shape index (κ2) is 8.91. The third kappa shape index (κ3) is 5.03. The van der Waals surface area contributed by atoms with E-state index >= 15 is 0 Å². The first-order chi connectivity index (χ1) is 14.2. The van der Waals surface area contributed by atoms with Gasteiger partial charge in [-0.3, -0.25) is 0 Å². The van der Waals surface area contributed by atoms with Gasteiger partial charge in [0.25, 0.3) is 0 Å². The molecule has 154 valence electrons. The molecule has 4 rings (SSSR count). The van der Waals surface area contributed by atoms with Gasteiger partial charge >= 0.3 is 6.03 Å². The molecule has 2 heterocycles. The zero-order valence-corrected chi connectivity index (χ0v) is 16.5. The summed E-state index contributed by atoms with van der Waals surface area (Å²) in [7, 11) is 2.14. The second-order valence-corrected chi connectivity index (χ2v) is 7.08. The number of hydrogen-bond acceptors (Lipinski definition) is 6. The third-order valence-electron chi connectivity index (χ3n) is 4.99. The highest BCUT2D eigenvalue weighted by Crippen LogP contribution is 2.35. The van der Waals surface area contributed by atoms with Crippen LogP contribution in [0.4, 0.5) is 16.2 Å². The number of likely N-dealkylation sites (N-methyl/N-ethyl adjacent to an activating group) is 1. The number of hydrogen-bond donors (Lipinski definition) is 2. The Morgan fingerprint density at radius 1 is 1.03 bits per heavy atom. The van der Waals surface area contributed by atoms with E-state index in [4.69, 9.17) is 14.2 Å². The Morgan fingerprint density at radius 2 is 1.79 bits per heavy atom. The fourth-order valence-electron chi connectivity index (χ4n) is 3.30. The number of nitrogens with zero attached hydrogens (tertiary/aromatic N) is 2. The number of carbonyl (C=O) groups is 1. The Morgan fingerprint density at radius 3 is 2.59 bits per heavy atom. The van der Waals surface area contributed by atoms with Crippen LogP contribution in [0.1, 0.15) is 0 Å². The minimum absolute atomic E-state index is 0.233. The quantitative estimate of drug-likeness (QED) is 0.728. The first kappa shape index (κ1) is 19.2. The zero-order valence-electron chi connectivity index (χ0n) is 16.5. The van der Waals surface area contributed by atoms with Crippen molar-refractivity contribution in [3.63, 3.8) is 0 Å². The van der Waals surface area contributed by atoms with Crippen LogP contribution in [0.15, 0.2) is 42.5 Å². The molecule has 2 amide bonds. The topological polar surface area (TPSA) is 75.3 Å². The number of benzene rings is 2. The van der Waals surface area contributed by atoms with Crippen LogP contribution in [-0.2, 0) is 0 Å². The third-order valence-corrected chi connectivity index (χ3v) is 4.99. The molecular formula is C21H26N4O4. The molecule has 8 nitrogen and oxygen atoms in total. The molecule has 0 aromatic heterocycles. The molecule has 0 unspecified atom stereocenters. The predicted molar refractivity (Wildman–Crippen MR) is 111 cm³/mol. The average Bonchev–Trinajstić information content (AvgIpc) is 3.20. The Labute approximate surface area is 170 Å². The van der Waals surface area contributed by atoms with E-state index in [1.54, 1.807) is 6.07 Å². The minimum Gasteiger partial charge on any atom is -0.492 e. The summed E-state index contributed by atoms with van der Waals surface area (Å²) >= 11 is 0. The summed E-state index contributed by atoms with van der Waals surface area (Å²) in [5, 5.41) is 5.63. The lowest BCUT2D eigenvalue weighted by Gasteiger charge is -2.34. The Balaban J connectivity index is 1.18. The summed E-state index contributed by atoms with van der Waals surface area (Å²) in [6, 6.07) is 13.1. The summed E-state index contributed by atoms with van der Waals surface area (Å²) < 4.78 is 16.2. The molecule has 0 radical (unpaired) electrons. The van der Waals surface area contributed by atoms with Crippen LogP contribution in [0.5, 0.6) is 17.2 Å². The summed E-state index contributed by atoms with van der Waals surface area (Å²) in [6.07, 6.45) is 0. The van der Waals surface area contributed by atoms with Crippen molar-refractivity contribution in [2.75, 3.05) is 63.4 Å². The Hall–Kier alpha value is -3.13. The molecule has 2 aromatic carbocycles. The molecule has 0 saturated carbocycles. The fraction of sp³-hybridized carbons (Fsp3) is 0.381. The summed E-state index contributed by atoms with van der Waals surface area (Å²) in [4.78, 5) is 16.8. The maximum Gasteiger partial charge on any atom is 0.319 e. The van der Waals surface area contributed by atoms with Crippen molar-refractivity contribution in [3.05, 3.63) is 42.5 Å². The maximum atomic E-state index is 12.1. The lowest BCUT2D eigenvalue weighted by molar-refractivity contribution is 0.173. The molecule has 2 N–H and O–H groups in total. The summed E-state index contributed by atoms with van der Waals surface area (Å²) in [5.41, 5.74) is 1.94. The lowest BCUT2D eigenvalue weighted by Crippen LogP contribution is -2.44. The van der Waals surface area contributed by atoms with Gasteiger partial charge in [-0.15, -0.1) is 0 Å². The number of piperazine rings is 1. The number of anilines is 2. The molecule has 2 aliphatic rings. The van der Waals surface area contributed by atoms with Crippen LogP contribution < -0.4 is 29.7 Å². The van der Waals surface area contributed by atoms with E-state index in [9.17, 15) is 4.79 Å². The van der Waals surface area contributed by atoms with E-state index in [0.29, 0.717) is 30.4 Å². The van der Waals surface area contributed by atoms with Gasteiger partial charge in [-0.25, -0.2) is 4.79 Å². The van der Waals surface area contributed by atoms with Gasteiger partial charge in [0.15, 0.2) is 11.5 Å².